The van der Waals surface area contributed by atoms with Crippen LogP contribution >= 0.6 is 0 Å². The molecule has 2 amide bonds. The van der Waals surface area contributed by atoms with E-state index >= 15 is 0 Å². The molecule has 0 aromatic carbocycles. The van der Waals surface area contributed by atoms with Gasteiger partial charge in [-0.25, -0.2) is 0 Å². The summed E-state index contributed by atoms with van der Waals surface area (Å²) < 4.78 is 0. The van der Waals surface area contributed by atoms with Crippen LogP contribution in [0.25, 0.3) is 0 Å². The van der Waals surface area contributed by atoms with E-state index in [9.17, 15) is 9.59 Å². The lowest BCUT2D eigenvalue weighted by atomic mass is 10.3. The molecule has 1 aliphatic rings. The van der Waals surface area contributed by atoms with Crippen LogP contribution in [0.5, 0.6) is 0 Å². The summed E-state index contributed by atoms with van der Waals surface area (Å²) >= 11 is 0. The predicted molar refractivity (Wildman–Crippen MR) is 66.5 cm³/mol. The summed E-state index contributed by atoms with van der Waals surface area (Å²) in [6.45, 7) is 9.32. The van der Waals surface area contributed by atoms with Crippen molar-refractivity contribution in [3.8, 4) is 0 Å². The molecule has 0 bridgehead atoms. The first-order valence-electron chi connectivity index (χ1n) is 6.05. The van der Waals surface area contributed by atoms with E-state index in [1.807, 2.05) is 11.8 Å². The minimum Gasteiger partial charge on any atom is -0.352 e. The molecule has 1 rings (SSSR count). The average molecular weight is 239 g/mol. The van der Waals surface area contributed by atoms with Crippen LogP contribution in [0.1, 0.15) is 13.3 Å². The maximum absolute atomic E-state index is 11.5. The Bertz CT molecular complexity index is 283. The van der Waals surface area contributed by atoms with E-state index in [0.29, 0.717) is 19.5 Å². The van der Waals surface area contributed by atoms with Gasteiger partial charge in [-0.1, -0.05) is 13.0 Å². The van der Waals surface area contributed by atoms with Crippen LogP contribution in [0, 0.1) is 0 Å². The Hall–Kier alpha value is -1.36. The molecule has 17 heavy (non-hydrogen) atoms. The molecule has 0 atom stereocenters. The van der Waals surface area contributed by atoms with Crippen LogP contribution in [-0.2, 0) is 9.59 Å². The number of hydrogen-bond acceptors (Lipinski definition) is 3. The number of nitrogens with one attached hydrogen (secondary N) is 1. The fourth-order valence-electron chi connectivity index (χ4n) is 1.82. The highest BCUT2D eigenvalue weighted by atomic mass is 16.2. The summed E-state index contributed by atoms with van der Waals surface area (Å²) in [5.74, 6) is 0.209. The zero-order chi connectivity index (χ0) is 12.7. The fraction of sp³-hybridized carbons (Fsp3) is 0.667. The third kappa shape index (κ3) is 4.56. The molecule has 96 valence electrons. The molecule has 0 aliphatic carbocycles. The number of piperazine rings is 1. The quantitative estimate of drug-likeness (QED) is 0.678. The van der Waals surface area contributed by atoms with Crippen molar-refractivity contribution in [2.45, 2.75) is 13.3 Å². The van der Waals surface area contributed by atoms with Crippen LogP contribution in [0.4, 0.5) is 0 Å². The van der Waals surface area contributed by atoms with Gasteiger partial charge in [-0.2, -0.15) is 0 Å². The summed E-state index contributed by atoms with van der Waals surface area (Å²) in [4.78, 5) is 26.8. The van der Waals surface area contributed by atoms with E-state index in [4.69, 9.17) is 0 Å². The van der Waals surface area contributed by atoms with Crippen molar-refractivity contribution in [1.29, 1.82) is 0 Å². The number of amides is 2. The lowest BCUT2D eigenvalue weighted by molar-refractivity contribution is -0.132. The van der Waals surface area contributed by atoms with Gasteiger partial charge in [0.1, 0.15) is 0 Å². The molecule has 1 heterocycles. The highest BCUT2D eigenvalue weighted by molar-refractivity contribution is 5.78. The fourth-order valence-corrected chi connectivity index (χ4v) is 1.82. The highest BCUT2D eigenvalue weighted by Crippen LogP contribution is 2.03. The molecule has 0 unspecified atom stereocenters. The maximum Gasteiger partial charge on any atom is 0.234 e. The van der Waals surface area contributed by atoms with E-state index in [1.165, 1.54) is 0 Å². The van der Waals surface area contributed by atoms with Gasteiger partial charge in [-0.05, 0) is 0 Å². The summed E-state index contributed by atoms with van der Waals surface area (Å²) in [5, 5.41) is 2.75. The minimum atomic E-state index is 0.0140. The van der Waals surface area contributed by atoms with Gasteiger partial charge in [-0.15, -0.1) is 6.58 Å². The summed E-state index contributed by atoms with van der Waals surface area (Å²) in [6.07, 6.45) is 2.22. The van der Waals surface area contributed by atoms with Gasteiger partial charge < -0.3 is 10.2 Å². The Labute approximate surface area is 102 Å². The smallest absolute Gasteiger partial charge is 0.234 e. The van der Waals surface area contributed by atoms with Crippen LogP contribution in [0.2, 0.25) is 0 Å². The lowest BCUT2D eigenvalue weighted by Gasteiger charge is -2.34. The van der Waals surface area contributed by atoms with Gasteiger partial charge >= 0.3 is 0 Å². The molecule has 5 heteroatoms. The molecule has 0 aromatic rings. The third-order valence-corrected chi connectivity index (χ3v) is 2.84. The first kappa shape index (κ1) is 13.7. The van der Waals surface area contributed by atoms with E-state index < -0.39 is 0 Å². The Kier molecular flexibility index (Phi) is 5.69. The number of nitrogens with zero attached hydrogens (tertiary/aromatic N) is 2. The lowest BCUT2D eigenvalue weighted by Crippen LogP contribution is -2.51. The molecular weight excluding hydrogens is 218 g/mol. The van der Waals surface area contributed by atoms with Crippen molar-refractivity contribution in [3.05, 3.63) is 12.7 Å². The van der Waals surface area contributed by atoms with Crippen LogP contribution in [-0.4, -0.2) is 60.9 Å². The van der Waals surface area contributed by atoms with Crippen LogP contribution in [0.15, 0.2) is 12.7 Å². The zero-order valence-corrected chi connectivity index (χ0v) is 10.4. The SMILES string of the molecule is C=CCNC(=O)CN1CCN(C(=O)CC)CC1. The van der Waals surface area contributed by atoms with E-state index in [-0.39, 0.29) is 11.8 Å². The Morgan fingerprint density at radius 1 is 1.29 bits per heavy atom. The number of rotatable bonds is 5. The topological polar surface area (TPSA) is 52.7 Å². The molecule has 0 aromatic heterocycles. The van der Waals surface area contributed by atoms with Crippen LogP contribution < -0.4 is 5.32 Å². The van der Waals surface area contributed by atoms with Gasteiger partial charge in [0.05, 0.1) is 6.54 Å². The Morgan fingerprint density at radius 3 is 2.47 bits per heavy atom. The predicted octanol–water partition coefficient (Wildman–Crippen LogP) is -0.157. The second-order valence-electron chi connectivity index (χ2n) is 4.10. The number of carbonyl (C=O) groups excluding carboxylic acids is 2. The molecule has 1 N–H and O–H groups in total. The van der Waals surface area contributed by atoms with Gasteiger partial charge in [0.25, 0.3) is 0 Å². The average Bonchev–Trinajstić information content (AvgIpc) is 2.36. The highest BCUT2D eigenvalue weighted by Gasteiger charge is 2.20. The maximum atomic E-state index is 11.5. The first-order valence-corrected chi connectivity index (χ1v) is 6.05. The van der Waals surface area contributed by atoms with Crippen molar-refractivity contribution in [2.24, 2.45) is 0 Å². The molecule has 5 nitrogen and oxygen atoms in total. The minimum absolute atomic E-state index is 0.0140. The van der Waals surface area contributed by atoms with Gasteiger partial charge in [0.2, 0.25) is 11.8 Å². The van der Waals surface area contributed by atoms with E-state index in [0.717, 1.165) is 26.2 Å². The van der Waals surface area contributed by atoms with Crippen molar-refractivity contribution < 1.29 is 9.59 Å². The van der Waals surface area contributed by atoms with Crippen molar-refractivity contribution in [1.82, 2.24) is 15.1 Å². The standard InChI is InChI=1S/C12H21N3O2/c1-3-5-13-11(16)10-14-6-8-15(9-7-14)12(17)4-2/h3H,1,4-10H2,2H3,(H,13,16). The van der Waals surface area contributed by atoms with Crippen molar-refractivity contribution in [3.63, 3.8) is 0 Å². The number of carbonyl (C=O) groups is 2. The first-order chi connectivity index (χ1) is 8.17. The summed E-state index contributed by atoms with van der Waals surface area (Å²) in [6, 6.07) is 0. The molecule has 0 spiro atoms. The van der Waals surface area contributed by atoms with Gasteiger partial charge in [0, 0.05) is 39.1 Å². The van der Waals surface area contributed by atoms with Crippen molar-refractivity contribution in [2.75, 3.05) is 39.3 Å². The van der Waals surface area contributed by atoms with Crippen molar-refractivity contribution >= 4 is 11.8 Å². The molecule has 0 saturated carbocycles. The summed E-state index contributed by atoms with van der Waals surface area (Å²) in [5.41, 5.74) is 0. The monoisotopic (exact) mass is 239 g/mol. The molecular formula is C12H21N3O2. The normalized spacial score (nSPS) is 16.6. The van der Waals surface area contributed by atoms with Crippen LogP contribution in [0.3, 0.4) is 0 Å². The Balaban J connectivity index is 2.25. The third-order valence-electron chi connectivity index (χ3n) is 2.84. The molecule has 1 aliphatic heterocycles. The molecule has 0 radical (unpaired) electrons. The van der Waals surface area contributed by atoms with Gasteiger partial charge in [-0.3, -0.25) is 14.5 Å². The molecule has 1 saturated heterocycles. The Morgan fingerprint density at radius 2 is 1.94 bits per heavy atom. The largest absolute Gasteiger partial charge is 0.352 e. The zero-order valence-electron chi connectivity index (χ0n) is 10.4. The van der Waals surface area contributed by atoms with E-state index in [2.05, 4.69) is 16.8 Å². The molecule has 1 fully saturated rings. The van der Waals surface area contributed by atoms with Gasteiger partial charge in [0.15, 0.2) is 0 Å². The summed E-state index contributed by atoms with van der Waals surface area (Å²) in [7, 11) is 0. The number of hydrogen-bond donors (Lipinski definition) is 1. The second-order valence-corrected chi connectivity index (χ2v) is 4.10. The van der Waals surface area contributed by atoms with E-state index in [1.54, 1.807) is 6.08 Å². The second kappa shape index (κ2) is 7.06.